The average molecular weight is 364 g/mol. The lowest BCUT2D eigenvalue weighted by Gasteiger charge is -2.07. The lowest BCUT2D eigenvalue weighted by molar-refractivity contribution is 0.905. The first-order valence-corrected chi connectivity index (χ1v) is 9.02. The molecule has 2 aromatic heterocycles. The zero-order chi connectivity index (χ0) is 18.9. The Hall–Kier alpha value is -3.80. The van der Waals surface area contributed by atoms with E-state index in [2.05, 4.69) is 49.5 Å². The van der Waals surface area contributed by atoms with Crippen LogP contribution in [0.15, 0.2) is 77.1 Å². The quantitative estimate of drug-likeness (QED) is 0.321. The molecule has 134 valence electrons. The molecule has 0 saturated carbocycles. The van der Waals surface area contributed by atoms with Gasteiger partial charge in [0.25, 0.3) is 5.95 Å². The standard InChI is InChI=1S/C22H16N6/c1-14-8-10-15(11-9-14)13-24-27-22-25-20-18-7-4-12-23-19(18)16-5-2-3-6-17(16)21(20)26-28-22/h2-12H,13H2,1H3. The van der Waals surface area contributed by atoms with Gasteiger partial charge < -0.3 is 0 Å². The molecule has 0 N–H and O–H groups in total. The summed E-state index contributed by atoms with van der Waals surface area (Å²) in [6.45, 7) is 2.53. The minimum atomic E-state index is 0.250. The molecule has 0 aliphatic heterocycles. The van der Waals surface area contributed by atoms with Gasteiger partial charge in [0.15, 0.2) is 0 Å². The number of pyridine rings is 1. The molecule has 5 aromatic rings. The van der Waals surface area contributed by atoms with Crippen molar-refractivity contribution in [2.45, 2.75) is 13.5 Å². The molecule has 0 atom stereocenters. The molecular weight excluding hydrogens is 348 g/mol. The lowest BCUT2D eigenvalue weighted by atomic mass is 10.0. The molecule has 2 heterocycles. The molecule has 0 bridgehead atoms. The van der Waals surface area contributed by atoms with Crippen molar-refractivity contribution in [2.75, 3.05) is 0 Å². The summed E-state index contributed by atoms with van der Waals surface area (Å²) < 4.78 is 0. The van der Waals surface area contributed by atoms with Crippen molar-refractivity contribution in [3.63, 3.8) is 0 Å². The van der Waals surface area contributed by atoms with Crippen LogP contribution in [0.2, 0.25) is 0 Å². The van der Waals surface area contributed by atoms with E-state index >= 15 is 0 Å². The normalized spacial score (nSPS) is 11.8. The highest BCUT2D eigenvalue weighted by molar-refractivity contribution is 6.21. The molecule has 0 aliphatic rings. The van der Waals surface area contributed by atoms with E-state index in [4.69, 9.17) is 0 Å². The third-order valence-electron chi connectivity index (χ3n) is 4.71. The molecular formula is C22H16N6. The number of rotatable bonds is 3. The third kappa shape index (κ3) is 2.85. The maximum absolute atomic E-state index is 4.62. The fourth-order valence-electron chi connectivity index (χ4n) is 3.31. The second kappa shape index (κ2) is 6.74. The van der Waals surface area contributed by atoms with E-state index in [9.17, 15) is 0 Å². The van der Waals surface area contributed by atoms with Crippen molar-refractivity contribution in [2.24, 2.45) is 10.2 Å². The van der Waals surface area contributed by atoms with Crippen molar-refractivity contribution in [3.05, 3.63) is 78.0 Å². The third-order valence-corrected chi connectivity index (χ3v) is 4.71. The first kappa shape index (κ1) is 16.4. The maximum Gasteiger partial charge on any atom is 0.287 e. The lowest BCUT2D eigenvalue weighted by Crippen LogP contribution is -1.93. The summed E-state index contributed by atoms with van der Waals surface area (Å²) in [5.74, 6) is 0.250. The van der Waals surface area contributed by atoms with E-state index in [-0.39, 0.29) is 5.95 Å². The van der Waals surface area contributed by atoms with Crippen LogP contribution >= 0.6 is 0 Å². The Labute approximate surface area is 161 Å². The van der Waals surface area contributed by atoms with Crippen LogP contribution in [0.1, 0.15) is 11.1 Å². The molecule has 3 aromatic carbocycles. The van der Waals surface area contributed by atoms with Crippen LogP contribution in [0.5, 0.6) is 0 Å². The Morgan fingerprint density at radius 3 is 2.32 bits per heavy atom. The van der Waals surface area contributed by atoms with Crippen LogP contribution in [-0.4, -0.2) is 20.2 Å². The molecule has 6 heteroatoms. The van der Waals surface area contributed by atoms with Crippen molar-refractivity contribution < 1.29 is 0 Å². The van der Waals surface area contributed by atoms with Crippen molar-refractivity contribution in [1.29, 1.82) is 0 Å². The van der Waals surface area contributed by atoms with E-state index in [0.717, 1.165) is 38.3 Å². The fourth-order valence-corrected chi connectivity index (χ4v) is 3.31. The second-order valence-electron chi connectivity index (χ2n) is 6.64. The van der Waals surface area contributed by atoms with Gasteiger partial charge in [-0.3, -0.25) is 4.98 Å². The molecule has 0 saturated heterocycles. The predicted octanol–water partition coefficient (Wildman–Crippen LogP) is 5.32. The van der Waals surface area contributed by atoms with Gasteiger partial charge in [0, 0.05) is 22.4 Å². The summed E-state index contributed by atoms with van der Waals surface area (Å²) in [6.07, 6.45) is 1.79. The molecule has 0 spiro atoms. The van der Waals surface area contributed by atoms with Crippen LogP contribution in [0.4, 0.5) is 5.95 Å². The van der Waals surface area contributed by atoms with Gasteiger partial charge in [-0.2, -0.15) is 5.11 Å². The topological polar surface area (TPSA) is 76.3 Å². The smallest absolute Gasteiger partial charge is 0.256 e. The number of nitrogens with zero attached hydrogens (tertiary/aromatic N) is 6. The van der Waals surface area contributed by atoms with Crippen molar-refractivity contribution >= 4 is 38.7 Å². The van der Waals surface area contributed by atoms with Gasteiger partial charge in [-0.05, 0) is 24.6 Å². The second-order valence-corrected chi connectivity index (χ2v) is 6.64. The summed E-state index contributed by atoms with van der Waals surface area (Å²) >= 11 is 0. The Balaban J connectivity index is 1.60. The summed E-state index contributed by atoms with van der Waals surface area (Å²) in [5, 5.41) is 19.9. The predicted molar refractivity (Wildman–Crippen MR) is 110 cm³/mol. The summed E-state index contributed by atoms with van der Waals surface area (Å²) in [6, 6.07) is 20.1. The van der Waals surface area contributed by atoms with Crippen molar-refractivity contribution in [1.82, 2.24) is 20.2 Å². The highest BCUT2D eigenvalue weighted by Gasteiger charge is 2.12. The first-order chi connectivity index (χ1) is 13.8. The van der Waals surface area contributed by atoms with E-state index < -0.39 is 0 Å². The summed E-state index contributed by atoms with van der Waals surface area (Å²) in [4.78, 5) is 9.18. The number of benzene rings is 3. The zero-order valence-corrected chi connectivity index (χ0v) is 15.2. The number of fused-ring (bicyclic) bond motifs is 6. The molecule has 0 amide bonds. The Bertz CT molecular complexity index is 1310. The molecule has 0 unspecified atom stereocenters. The van der Waals surface area contributed by atoms with E-state index in [1.165, 1.54) is 5.56 Å². The van der Waals surface area contributed by atoms with Gasteiger partial charge in [0.2, 0.25) is 0 Å². The molecule has 0 radical (unpaired) electrons. The minimum Gasteiger partial charge on any atom is -0.256 e. The first-order valence-electron chi connectivity index (χ1n) is 9.02. The molecule has 28 heavy (non-hydrogen) atoms. The molecule has 5 rings (SSSR count). The van der Waals surface area contributed by atoms with Crippen LogP contribution in [-0.2, 0) is 6.54 Å². The van der Waals surface area contributed by atoms with Crippen LogP contribution in [0.25, 0.3) is 32.7 Å². The number of azo groups is 1. The van der Waals surface area contributed by atoms with Crippen LogP contribution < -0.4 is 0 Å². The largest absolute Gasteiger partial charge is 0.287 e. The highest BCUT2D eigenvalue weighted by Crippen LogP contribution is 2.31. The SMILES string of the molecule is Cc1ccc(CN=Nc2nnc3c4ccccc4c4ncccc4c3n2)cc1. The number of aryl methyl sites for hydroxylation is 1. The van der Waals surface area contributed by atoms with Gasteiger partial charge >= 0.3 is 0 Å². The average Bonchev–Trinajstić information content (AvgIpc) is 2.75. The van der Waals surface area contributed by atoms with E-state index in [1.807, 2.05) is 48.5 Å². The minimum absolute atomic E-state index is 0.250. The fraction of sp³-hybridized carbons (Fsp3) is 0.0909. The van der Waals surface area contributed by atoms with Crippen molar-refractivity contribution in [3.8, 4) is 0 Å². The monoisotopic (exact) mass is 364 g/mol. The van der Waals surface area contributed by atoms with Gasteiger partial charge in [0.05, 0.1) is 12.1 Å². The molecule has 6 nitrogen and oxygen atoms in total. The van der Waals surface area contributed by atoms with Crippen LogP contribution in [0, 0.1) is 6.92 Å². The van der Waals surface area contributed by atoms with E-state index in [1.54, 1.807) is 6.20 Å². The Morgan fingerprint density at radius 2 is 1.50 bits per heavy atom. The van der Waals surface area contributed by atoms with Gasteiger partial charge in [-0.15, -0.1) is 15.3 Å². The summed E-state index contributed by atoms with van der Waals surface area (Å²) in [5.41, 5.74) is 4.68. The van der Waals surface area contributed by atoms with Crippen LogP contribution in [0.3, 0.4) is 0 Å². The summed E-state index contributed by atoms with van der Waals surface area (Å²) in [7, 11) is 0. The van der Waals surface area contributed by atoms with E-state index in [0.29, 0.717) is 6.54 Å². The van der Waals surface area contributed by atoms with Gasteiger partial charge in [0.1, 0.15) is 11.0 Å². The Kier molecular flexibility index (Phi) is 3.94. The number of hydrogen-bond donors (Lipinski definition) is 0. The number of hydrogen-bond acceptors (Lipinski definition) is 6. The maximum atomic E-state index is 4.62. The molecule has 0 aliphatic carbocycles. The highest BCUT2D eigenvalue weighted by atomic mass is 15.3. The Morgan fingerprint density at radius 1 is 0.750 bits per heavy atom. The number of aromatic nitrogens is 4. The van der Waals surface area contributed by atoms with Gasteiger partial charge in [-0.1, -0.05) is 54.1 Å². The molecule has 0 fully saturated rings. The van der Waals surface area contributed by atoms with Gasteiger partial charge in [-0.25, -0.2) is 4.98 Å². The zero-order valence-electron chi connectivity index (χ0n) is 15.2.